The fraction of sp³-hybridized carbons (Fsp3) is 0.200. The van der Waals surface area contributed by atoms with Gasteiger partial charge in [-0.15, -0.1) is 0 Å². The fourth-order valence-corrected chi connectivity index (χ4v) is 2.70. The minimum absolute atomic E-state index is 0.199. The van der Waals surface area contributed by atoms with Crippen molar-refractivity contribution < 1.29 is 4.74 Å². The van der Waals surface area contributed by atoms with E-state index in [0.717, 1.165) is 23.5 Å². The van der Waals surface area contributed by atoms with Crippen LogP contribution in [0.2, 0.25) is 0 Å². The van der Waals surface area contributed by atoms with Gasteiger partial charge in [-0.05, 0) is 49.4 Å². The molecule has 0 radical (unpaired) electrons. The zero-order chi connectivity index (χ0) is 18.5. The summed E-state index contributed by atoms with van der Waals surface area (Å²) >= 11 is 0. The van der Waals surface area contributed by atoms with Gasteiger partial charge in [-0.25, -0.2) is 0 Å². The van der Waals surface area contributed by atoms with E-state index in [4.69, 9.17) is 4.74 Å². The third-order valence-electron chi connectivity index (χ3n) is 4.04. The second-order valence-corrected chi connectivity index (χ2v) is 5.72. The van der Waals surface area contributed by atoms with Crippen LogP contribution in [0.1, 0.15) is 6.92 Å². The second kappa shape index (κ2) is 7.74. The molecule has 6 nitrogen and oxygen atoms in total. The van der Waals surface area contributed by atoms with Crippen molar-refractivity contribution in [2.24, 2.45) is 0 Å². The Hall–Kier alpha value is -3.28. The highest BCUT2D eigenvalue weighted by molar-refractivity contribution is 5.65. The quantitative estimate of drug-likeness (QED) is 0.713. The summed E-state index contributed by atoms with van der Waals surface area (Å²) in [5.41, 5.74) is 3.55. The number of nitrogens with zero attached hydrogens (tertiary/aromatic N) is 2. The van der Waals surface area contributed by atoms with Crippen molar-refractivity contribution >= 4 is 11.4 Å². The Morgan fingerprint density at radius 3 is 2.54 bits per heavy atom. The molecule has 0 fully saturated rings. The highest BCUT2D eigenvalue weighted by atomic mass is 16.5. The van der Waals surface area contributed by atoms with E-state index in [0.29, 0.717) is 17.1 Å². The second-order valence-electron chi connectivity index (χ2n) is 5.72. The molecule has 0 unspecified atom stereocenters. The van der Waals surface area contributed by atoms with E-state index in [1.165, 1.54) is 4.68 Å². The number of hydrogen-bond acceptors (Lipinski definition) is 5. The van der Waals surface area contributed by atoms with Crippen LogP contribution in [0, 0.1) is 0 Å². The molecule has 0 atom stereocenters. The summed E-state index contributed by atoms with van der Waals surface area (Å²) in [5.74, 6) is 0.739. The van der Waals surface area contributed by atoms with Crippen LogP contribution < -0.4 is 20.9 Å². The largest absolute Gasteiger partial charge is 0.497 e. The van der Waals surface area contributed by atoms with Crippen molar-refractivity contribution in [3.8, 4) is 22.7 Å². The van der Waals surface area contributed by atoms with Gasteiger partial charge in [0.2, 0.25) is 0 Å². The molecule has 1 heterocycles. The van der Waals surface area contributed by atoms with Gasteiger partial charge in [0.1, 0.15) is 11.4 Å². The van der Waals surface area contributed by atoms with Gasteiger partial charge in [-0.3, -0.25) is 4.79 Å². The van der Waals surface area contributed by atoms with Crippen molar-refractivity contribution in [3.63, 3.8) is 0 Å². The average molecular weight is 350 g/mol. The van der Waals surface area contributed by atoms with Crippen molar-refractivity contribution in [1.29, 1.82) is 0 Å². The van der Waals surface area contributed by atoms with Gasteiger partial charge >= 0.3 is 0 Å². The van der Waals surface area contributed by atoms with E-state index >= 15 is 0 Å². The lowest BCUT2D eigenvalue weighted by Crippen LogP contribution is -2.24. The predicted octanol–water partition coefficient (Wildman–Crippen LogP) is 3.38. The van der Waals surface area contributed by atoms with Crippen LogP contribution in [0.4, 0.5) is 11.4 Å². The highest BCUT2D eigenvalue weighted by Crippen LogP contribution is 2.23. The fourth-order valence-electron chi connectivity index (χ4n) is 2.70. The third-order valence-corrected chi connectivity index (χ3v) is 4.04. The van der Waals surface area contributed by atoms with E-state index in [9.17, 15) is 4.79 Å². The van der Waals surface area contributed by atoms with Crippen molar-refractivity contribution in [2.75, 3.05) is 31.3 Å². The van der Waals surface area contributed by atoms with E-state index < -0.39 is 0 Å². The molecule has 0 bridgehead atoms. The number of ether oxygens (including phenoxy) is 1. The van der Waals surface area contributed by atoms with E-state index in [-0.39, 0.29) is 5.56 Å². The molecular formula is C20H22N4O2. The van der Waals surface area contributed by atoms with Gasteiger partial charge in [-0.1, -0.05) is 12.1 Å². The SMILES string of the molecule is CCNc1ccc(-n2nc(-c3cccc(OC)c3)cc(NC)c2=O)cc1. The van der Waals surface area contributed by atoms with E-state index in [2.05, 4.69) is 15.7 Å². The maximum Gasteiger partial charge on any atom is 0.294 e. The number of hydrogen-bond donors (Lipinski definition) is 2. The first kappa shape index (κ1) is 17.5. The summed E-state index contributed by atoms with van der Waals surface area (Å²) < 4.78 is 6.70. The maximum atomic E-state index is 12.7. The zero-order valence-corrected chi connectivity index (χ0v) is 15.1. The van der Waals surface area contributed by atoms with Gasteiger partial charge in [0.25, 0.3) is 5.56 Å². The smallest absolute Gasteiger partial charge is 0.294 e. The van der Waals surface area contributed by atoms with Crippen LogP contribution in [0.15, 0.2) is 59.4 Å². The summed E-state index contributed by atoms with van der Waals surface area (Å²) in [4.78, 5) is 12.7. The molecule has 2 N–H and O–H groups in total. The van der Waals surface area contributed by atoms with Crippen molar-refractivity contribution in [2.45, 2.75) is 6.92 Å². The molecule has 0 aliphatic heterocycles. The average Bonchev–Trinajstić information content (AvgIpc) is 2.69. The molecule has 3 rings (SSSR count). The molecule has 3 aromatic rings. The summed E-state index contributed by atoms with van der Waals surface area (Å²) in [7, 11) is 3.35. The molecule has 0 aliphatic rings. The molecule has 0 saturated carbocycles. The lowest BCUT2D eigenvalue weighted by Gasteiger charge is -2.12. The third kappa shape index (κ3) is 3.54. The number of anilines is 2. The summed E-state index contributed by atoms with van der Waals surface area (Å²) in [6.07, 6.45) is 0. The number of aromatic nitrogens is 2. The lowest BCUT2D eigenvalue weighted by molar-refractivity contribution is 0.415. The van der Waals surface area contributed by atoms with E-state index in [1.54, 1.807) is 20.2 Å². The molecule has 6 heteroatoms. The first-order valence-corrected chi connectivity index (χ1v) is 8.47. The molecule has 0 aliphatic carbocycles. The van der Waals surface area contributed by atoms with Crippen molar-refractivity contribution in [1.82, 2.24) is 9.78 Å². The standard InChI is InChI=1S/C20H22N4O2/c1-4-22-15-8-10-16(11-9-15)24-20(25)19(21-2)13-18(23-24)14-6-5-7-17(12-14)26-3/h5-13,21-22H,4H2,1-3H3. The Balaban J connectivity index is 2.11. The molecule has 0 amide bonds. The summed E-state index contributed by atoms with van der Waals surface area (Å²) in [6.45, 7) is 2.88. The molecule has 1 aromatic heterocycles. The maximum absolute atomic E-state index is 12.7. The Bertz CT molecular complexity index is 949. The monoisotopic (exact) mass is 350 g/mol. The van der Waals surface area contributed by atoms with Gasteiger partial charge in [0, 0.05) is 24.8 Å². The Morgan fingerprint density at radius 1 is 1.12 bits per heavy atom. The topological polar surface area (TPSA) is 68.2 Å². The minimum Gasteiger partial charge on any atom is -0.497 e. The van der Waals surface area contributed by atoms with Crippen LogP contribution in [0.5, 0.6) is 5.75 Å². The van der Waals surface area contributed by atoms with Crippen molar-refractivity contribution in [3.05, 3.63) is 65.0 Å². The van der Waals surface area contributed by atoms with Crippen LogP contribution >= 0.6 is 0 Å². The highest BCUT2D eigenvalue weighted by Gasteiger charge is 2.11. The normalized spacial score (nSPS) is 10.4. The minimum atomic E-state index is -0.199. The first-order chi connectivity index (χ1) is 12.7. The summed E-state index contributed by atoms with van der Waals surface area (Å²) in [6, 6.07) is 17.0. The van der Waals surface area contributed by atoms with Crippen LogP contribution in [0.25, 0.3) is 16.9 Å². The van der Waals surface area contributed by atoms with Crippen LogP contribution in [-0.4, -0.2) is 30.5 Å². The summed E-state index contributed by atoms with van der Waals surface area (Å²) in [5, 5.41) is 10.8. The van der Waals surface area contributed by atoms with Crippen LogP contribution in [-0.2, 0) is 0 Å². The Kier molecular flexibility index (Phi) is 5.22. The van der Waals surface area contributed by atoms with Gasteiger partial charge in [-0.2, -0.15) is 9.78 Å². The number of benzene rings is 2. The Morgan fingerprint density at radius 2 is 1.88 bits per heavy atom. The predicted molar refractivity (Wildman–Crippen MR) is 106 cm³/mol. The zero-order valence-electron chi connectivity index (χ0n) is 15.1. The molecule has 0 saturated heterocycles. The molecule has 134 valence electrons. The molecule has 26 heavy (non-hydrogen) atoms. The number of rotatable bonds is 6. The first-order valence-electron chi connectivity index (χ1n) is 8.47. The van der Waals surface area contributed by atoms with Gasteiger partial charge < -0.3 is 15.4 Å². The Labute approximate surface area is 152 Å². The van der Waals surface area contributed by atoms with Crippen LogP contribution in [0.3, 0.4) is 0 Å². The molecule has 0 spiro atoms. The van der Waals surface area contributed by atoms with E-state index in [1.807, 2.05) is 55.5 Å². The number of nitrogens with one attached hydrogen (secondary N) is 2. The van der Waals surface area contributed by atoms with Gasteiger partial charge in [0.05, 0.1) is 18.5 Å². The number of methoxy groups -OCH3 is 1. The lowest BCUT2D eigenvalue weighted by atomic mass is 10.1. The molecule has 2 aromatic carbocycles. The van der Waals surface area contributed by atoms with Gasteiger partial charge in [0.15, 0.2) is 0 Å². The molecular weight excluding hydrogens is 328 g/mol.